The molecule has 2 heterocycles. The number of nitrogens with zero attached hydrogens (tertiary/aromatic N) is 1. The Labute approximate surface area is 129 Å². The first kappa shape index (κ1) is 16.8. The van der Waals surface area contributed by atoms with Gasteiger partial charge in [0.2, 0.25) is 10.0 Å². The first-order chi connectivity index (χ1) is 9.76. The number of thioether (sulfide) groups is 1. The first-order valence-corrected chi connectivity index (χ1v) is 10.9. The van der Waals surface area contributed by atoms with Crippen LogP contribution < -0.4 is 5.32 Å². The van der Waals surface area contributed by atoms with E-state index < -0.39 is 25.2 Å². The lowest BCUT2D eigenvalue weighted by molar-refractivity contribution is 0.405. The molecular formula is C11H19N3O4S3. The van der Waals surface area contributed by atoms with Crippen molar-refractivity contribution in [2.24, 2.45) is 0 Å². The van der Waals surface area contributed by atoms with Crippen molar-refractivity contribution in [3.63, 3.8) is 0 Å². The van der Waals surface area contributed by atoms with Crippen LogP contribution in [0.2, 0.25) is 0 Å². The fourth-order valence-corrected chi connectivity index (χ4v) is 7.36. The second-order valence-electron chi connectivity index (χ2n) is 4.87. The van der Waals surface area contributed by atoms with Gasteiger partial charge >= 0.3 is 0 Å². The summed E-state index contributed by atoms with van der Waals surface area (Å²) >= 11 is 1.46. The Bertz CT molecular complexity index is 696. The summed E-state index contributed by atoms with van der Waals surface area (Å²) in [6.45, 7) is 0.720. The molecule has 2 N–H and O–H groups in total. The van der Waals surface area contributed by atoms with Crippen LogP contribution in [-0.4, -0.2) is 62.9 Å². The fraction of sp³-hybridized carbons (Fsp3) is 0.636. The number of aromatic nitrogens is 1. The molecule has 0 aromatic carbocycles. The number of nitrogens with one attached hydrogen (secondary N) is 2. The number of hydrogen-bond donors (Lipinski definition) is 2. The van der Waals surface area contributed by atoms with Crippen LogP contribution in [0.5, 0.6) is 0 Å². The molecule has 1 aliphatic rings. The SMILES string of the molecule is CNCc1cc(S(=O)(=O)N2CCSCC2S(C)(=O)=O)c[nH]1. The molecule has 0 radical (unpaired) electrons. The molecular weight excluding hydrogens is 334 g/mol. The van der Waals surface area contributed by atoms with Gasteiger partial charge in [0, 0.05) is 42.7 Å². The summed E-state index contributed by atoms with van der Waals surface area (Å²) in [4.78, 5) is 2.99. The zero-order valence-electron chi connectivity index (χ0n) is 11.9. The summed E-state index contributed by atoms with van der Waals surface area (Å²) in [6.07, 6.45) is 2.48. The highest BCUT2D eigenvalue weighted by Crippen LogP contribution is 2.27. The molecule has 1 fully saturated rings. The molecule has 21 heavy (non-hydrogen) atoms. The van der Waals surface area contributed by atoms with E-state index in [1.807, 2.05) is 0 Å². The van der Waals surface area contributed by atoms with E-state index in [1.54, 1.807) is 7.05 Å². The van der Waals surface area contributed by atoms with Crippen molar-refractivity contribution >= 4 is 31.6 Å². The molecule has 0 saturated carbocycles. The Morgan fingerprint density at radius 3 is 2.76 bits per heavy atom. The molecule has 1 aromatic rings. The lowest BCUT2D eigenvalue weighted by Crippen LogP contribution is -2.49. The van der Waals surface area contributed by atoms with Crippen molar-refractivity contribution in [1.29, 1.82) is 0 Å². The monoisotopic (exact) mass is 353 g/mol. The third-order valence-corrected chi connectivity index (χ3v) is 7.88. The standard InChI is InChI=1S/C11H19N3O4S3/c1-12-6-9-5-10(7-13-9)21(17,18)14-3-4-19-8-11(14)20(2,15)16/h5,7,11-13H,3-4,6,8H2,1-2H3. The van der Waals surface area contributed by atoms with E-state index in [9.17, 15) is 16.8 Å². The average molecular weight is 353 g/mol. The van der Waals surface area contributed by atoms with Gasteiger partial charge in [-0.05, 0) is 13.1 Å². The summed E-state index contributed by atoms with van der Waals surface area (Å²) < 4.78 is 50.1. The van der Waals surface area contributed by atoms with E-state index in [1.165, 1.54) is 24.0 Å². The smallest absolute Gasteiger partial charge is 0.245 e. The lowest BCUT2D eigenvalue weighted by Gasteiger charge is -2.32. The maximum atomic E-state index is 12.7. The van der Waals surface area contributed by atoms with Crippen molar-refractivity contribution in [3.05, 3.63) is 18.0 Å². The largest absolute Gasteiger partial charge is 0.363 e. The molecule has 1 saturated heterocycles. The van der Waals surface area contributed by atoms with Gasteiger partial charge in [0.1, 0.15) is 5.37 Å². The van der Waals surface area contributed by atoms with Crippen LogP contribution in [0.15, 0.2) is 17.2 Å². The van der Waals surface area contributed by atoms with E-state index >= 15 is 0 Å². The van der Waals surface area contributed by atoms with Crippen molar-refractivity contribution < 1.29 is 16.8 Å². The summed E-state index contributed by atoms with van der Waals surface area (Å²) in [6, 6.07) is 1.53. The Balaban J connectivity index is 2.36. The Morgan fingerprint density at radius 1 is 1.43 bits per heavy atom. The minimum absolute atomic E-state index is 0.105. The summed E-state index contributed by atoms with van der Waals surface area (Å²) in [7, 11) is -5.52. The number of H-pyrrole nitrogens is 1. The molecule has 0 aliphatic carbocycles. The topological polar surface area (TPSA) is 99.3 Å². The summed E-state index contributed by atoms with van der Waals surface area (Å²) in [5.74, 6) is 0.866. The van der Waals surface area contributed by atoms with Gasteiger partial charge in [-0.3, -0.25) is 0 Å². The van der Waals surface area contributed by atoms with Gasteiger partial charge in [-0.25, -0.2) is 16.8 Å². The minimum Gasteiger partial charge on any atom is -0.363 e. The van der Waals surface area contributed by atoms with E-state index in [-0.39, 0.29) is 17.2 Å². The van der Waals surface area contributed by atoms with Crippen LogP contribution in [0.4, 0.5) is 0 Å². The number of sulfonamides is 1. The number of hydrogen-bond acceptors (Lipinski definition) is 6. The predicted octanol–water partition coefficient (Wildman–Crippen LogP) is -0.158. The van der Waals surface area contributed by atoms with Crippen molar-refractivity contribution in [2.75, 3.05) is 31.4 Å². The highest BCUT2D eigenvalue weighted by molar-refractivity contribution is 8.01. The second-order valence-corrected chi connectivity index (χ2v) is 10.1. The zero-order valence-corrected chi connectivity index (χ0v) is 14.3. The van der Waals surface area contributed by atoms with Gasteiger partial charge in [0.05, 0.1) is 4.90 Å². The van der Waals surface area contributed by atoms with Crippen LogP contribution in [0, 0.1) is 0 Å². The van der Waals surface area contributed by atoms with Gasteiger partial charge in [-0.1, -0.05) is 0 Å². The minimum atomic E-state index is -3.81. The Morgan fingerprint density at radius 2 is 2.14 bits per heavy atom. The second kappa shape index (κ2) is 6.29. The molecule has 0 amide bonds. The highest BCUT2D eigenvalue weighted by Gasteiger charge is 2.39. The molecule has 0 spiro atoms. The molecule has 120 valence electrons. The maximum absolute atomic E-state index is 12.7. The third kappa shape index (κ3) is 3.62. The normalized spacial score (nSPS) is 21.5. The quantitative estimate of drug-likeness (QED) is 0.763. The van der Waals surface area contributed by atoms with Gasteiger partial charge in [-0.2, -0.15) is 16.1 Å². The molecule has 7 nitrogen and oxygen atoms in total. The first-order valence-electron chi connectivity index (χ1n) is 6.37. The molecule has 2 rings (SSSR count). The van der Waals surface area contributed by atoms with Crippen LogP contribution in [0.3, 0.4) is 0 Å². The highest BCUT2D eigenvalue weighted by atomic mass is 32.2. The maximum Gasteiger partial charge on any atom is 0.245 e. The van der Waals surface area contributed by atoms with Gasteiger partial charge in [0.15, 0.2) is 9.84 Å². The molecule has 1 aromatic heterocycles. The molecule has 0 bridgehead atoms. The van der Waals surface area contributed by atoms with Crippen LogP contribution in [-0.2, 0) is 26.4 Å². The molecule has 1 atom stereocenters. The van der Waals surface area contributed by atoms with Crippen LogP contribution in [0.1, 0.15) is 5.69 Å². The number of sulfone groups is 1. The number of rotatable bonds is 5. The van der Waals surface area contributed by atoms with Gasteiger partial charge < -0.3 is 10.3 Å². The van der Waals surface area contributed by atoms with Crippen LogP contribution in [0.25, 0.3) is 0 Å². The number of aromatic amines is 1. The van der Waals surface area contributed by atoms with Crippen molar-refractivity contribution in [3.8, 4) is 0 Å². The van der Waals surface area contributed by atoms with Crippen LogP contribution >= 0.6 is 11.8 Å². The summed E-state index contributed by atoms with van der Waals surface area (Å²) in [5.41, 5.74) is 0.735. The average Bonchev–Trinajstić information content (AvgIpc) is 2.87. The van der Waals surface area contributed by atoms with Gasteiger partial charge in [-0.15, -0.1) is 0 Å². The fourth-order valence-electron chi connectivity index (χ4n) is 2.17. The van der Waals surface area contributed by atoms with Gasteiger partial charge in [0.25, 0.3) is 0 Å². The molecule has 10 heteroatoms. The third-order valence-electron chi connectivity index (χ3n) is 3.22. The Hall–Kier alpha value is -0.550. The zero-order chi connectivity index (χ0) is 15.7. The van der Waals surface area contributed by atoms with Crippen molar-refractivity contribution in [1.82, 2.24) is 14.6 Å². The summed E-state index contributed by atoms with van der Waals surface area (Å²) in [5, 5.41) is 1.93. The van der Waals surface area contributed by atoms with E-state index in [0.717, 1.165) is 16.3 Å². The van der Waals surface area contributed by atoms with E-state index in [0.29, 0.717) is 12.3 Å². The van der Waals surface area contributed by atoms with E-state index in [4.69, 9.17) is 0 Å². The Kier molecular flexibility index (Phi) is 5.03. The predicted molar refractivity (Wildman–Crippen MR) is 83.4 cm³/mol. The van der Waals surface area contributed by atoms with E-state index in [2.05, 4.69) is 10.3 Å². The van der Waals surface area contributed by atoms with Crippen molar-refractivity contribution in [2.45, 2.75) is 16.8 Å². The lowest BCUT2D eigenvalue weighted by atomic mass is 10.4. The molecule has 1 unspecified atom stereocenters. The molecule has 1 aliphatic heterocycles.